The average molecular weight is 956 g/mol. The molecule has 16 nitrogen and oxygen atoms in total. The number of aromatic amines is 1. The number of H-pyrrole nitrogens is 1. The number of likely N-dealkylation sites (tertiary alicyclic amines) is 1. The van der Waals surface area contributed by atoms with Crippen LogP contribution in [-0.2, 0) is 19.5 Å². The van der Waals surface area contributed by atoms with Crippen molar-refractivity contribution in [3.63, 3.8) is 0 Å². The highest BCUT2D eigenvalue weighted by Crippen LogP contribution is 2.42. The molecule has 5 heterocycles. The number of carbonyl (C=O) groups is 2. The van der Waals surface area contributed by atoms with E-state index in [9.17, 15) is 28.1 Å². The number of hydrogen-bond acceptors (Lipinski definition) is 12. The van der Waals surface area contributed by atoms with Gasteiger partial charge in [-0.1, -0.05) is 42.5 Å². The van der Waals surface area contributed by atoms with Gasteiger partial charge in [0.25, 0.3) is 21.6 Å². The van der Waals surface area contributed by atoms with Gasteiger partial charge in [0.05, 0.1) is 27.6 Å². The third-order valence-corrected chi connectivity index (χ3v) is 14.5. The molecule has 1 unspecified atom stereocenters. The number of nitro groups is 1. The van der Waals surface area contributed by atoms with Gasteiger partial charge in [-0.25, -0.2) is 22.9 Å². The number of sulfonamides is 1. The quantitative estimate of drug-likeness (QED) is 0.0732. The van der Waals surface area contributed by atoms with Crippen LogP contribution < -0.4 is 19.7 Å². The minimum absolute atomic E-state index is 0.0766. The molecule has 3 N–H and O–H groups in total. The van der Waals surface area contributed by atoms with Crippen LogP contribution >= 0.6 is 0 Å². The van der Waals surface area contributed by atoms with E-state index in [-0.39, 0.29) is 35.1 Å². The van der Waals surface area contributed by atoms with Crippen molar-refractivity contribution >= 4 is 50.1 Å². The van der Waals surface area contributed by atoms with E-state index < -0.39 is 37.0 Å². The van der Waals surface area contributed by atoms with Gasteiger partial charge < -0.3 is 34.3 Å². The fourth-order valence-corrected chi connectivity index (χ4v) is 10.6. The Labute approximate surface area is 401 Å². The maximum atomic E-state index is 14.0. The van der Waals surface area contributed by atoms with E-state index in [2.05, 4.69) is 61.3 Å². The van der Waals surface area contributed by atoms with Crippen LogP contribution in [0.2, 0.25) is 0 Å². The summed E-state index contributed by atoms with van der Waals surface area (Å²) in [6, 6.07) is 29.1. The first kappa shape index (κ1) is 47.1. The second kappa shape index (κ2) is 19.9. The summed E-state index contributed by atoms with van der Waals surface area (Å²) in [6.07, 6.45) is 8.40. The lowest BCUT2D eigenvalue weighted by Crippen LogP contribution is -2.41. The van der Waals surface area contributed by atoms with Gasteiger partial charge in [-0.05, 0) is 142 Å². The van der Waals surface area contributed by atoms with Gasteiger partial charge in [0.15, 0.2) is 0 Å². The minimum Gasteiger partial charge on any atom is -0.455 e. The van der Waals surface area contributed by atoms with E-state index in [1.54, 1.807) is 24.4 Å². The molecule has 3 saturated heterocycles. The monoisotopic (exact) mass is 955 g/mol. The van der Waals surface area contributed by atoms with Crippen molar-refractivity contribution in [2.24, 2.45) is 5.92 Å². The van der Waals surface area contributed by atoms with Crippen LogP contribution in [0.25, 0.3) is 22.2 Å². The third kappa shape index (κ3) is 10.8. The largest absolute Gasteiger partial charge is 0.455 e. The van der Waals surface area contributed by atoms with E-state index in [1.807, 2.05) is 43.9 Å². The van der Waals surface area contributed by atoms with E-state index >= 15 is 0 Å². The summed E-state index contributed by atoms with van der Waals surface area (Å²) < 4.78 is 47.0. The molecule has 1 atom stereocenters. The highest BCUT2D eigenvalue weighted by atomic mass is 32.2. The number of pyridine rings is 1. The Morgan fingerprint density at radius 1 is 0.884 bits per heavy atom. The van der Waals surface area contributed by atoms with Crippen molar-refractivity contribution < 1.29 is 37.1 Å². The number of benzene rings is 4. The maximum absolute atomic E-state index is 14.0. The van der Waals surface area contributed by atoms with E-state index in [4.69, 9.17) is 14.2 Å². The van der Waals surface area contributed by atoms with Gasteiger partial charge in [-0.3, -0.25) is 14.9 Å². The van der Waals surface area contributed by atoms with Crippen LogP contribution in [0.5, 0.6) is 11.5 Å². The number of ether oxygens (including phenoxy) is 3. The summed E-state index contributed by atoms with van der Waals surface area (Å²) in [5.41, 5.74) is 5.05. The number of carbonyl (C=O) groups excluding carboxylic acids is 2. The molecule has 0 saturated carbocycles. The van der Waals surface area contributed by atoms with Gasteiger partial charge in [-0.2, -0.15) is 0 Å². The lowest BCUT2D eigenvalue weighted by molar-refractivity contribution is -0.384. The van der Waals surface area contributed by atoms with Crippen LogP contribution in [0.15, 0.2) is 114 Å². The first-order valence-electron chi connectivity index (χ1n) is 23.6. The number of piperidine rings is 1. The molecule has 0 spiro atoms. The zero-order chi connectivity index (χ0) is 48.3. The summed E-state index contributed by atoms with van der Waals surface area (Å²) in [4.78, 5) is 49.6. The second-order valence-electron chi connectivity index (χ2n) is 19.0. The van der Waals surface area contributed by atoms with Gasteiger partial charge in [0.1, 0.15) is 28.4 Å². The van der Waals surface area contributed by atoms with Crippen LogP contribution in [-0.4, -0.2) is 85.2 Å². The first-order valence-corrected chi connectivity index (χ1v) is 25.0. The summed E-state index contributed by atoms with van der Waals surface area (Å²) >= 11 is 0. The molecule has 0 aliphatic carbocycles. The predicted octanol–water partition coefficient (Wildman–Crippen LogP) is 10.3. The van der Waals surface area contributed by atoms with Gasteiger partial charge in [0, 0.05) is 62.7 Å². The lowest BCUT2D eigenvalue weighted by atomic mass is 9.84. The minimum atomic E-state index is -4.59. The van der Waals surface area contributed by atoms with E-state index in [1.165, 1.54) is 35.5 Å². The highest BCUT2D eigenvalue weighted by molar-refractivity contribution is 7.90. The zero-order valence-electron chi connectivity index (χ0n) is 39.0. The van der Waals surface area contributed by atoms with Crippen LogP contribution in [0.4, 0.5) is 21.9 Å². The number of nitrogens with zero attached hydrogens (tertiary/aromatic N) is 4. The molecular formula is C52H57N7O9S. The Morgan fingerprint density at radius 3 is 2.36 bits per heavy atom. The van der Waals surface area contributed by atoms with Crippen molar-refractivity contribution in [3.05, 3.63) is 136 Å². The van der Waals surface area contributed by atoms with Crippen LogP contribution in [0.3, 0.4) is 0 Å². The molecule has 3 aliphatic rings. The van der Waals surface area contributed by atoms with Crippen LogP contribution in [0.1, 0.15) is 92.7 Å². The summed E-state index contributed by atoms with van der Waals surface area (Å²) in [7, 11) is -4.59. The maximum Gasteiger partial charge on any atom is 0.410 e. The molecule has 4 aromatic carbocycles. The summed E-state index contributed by atoms with van der Waals surface area (Å²) in [5, 5.41) is 16.0. The third-order valence-electron chi connectivity index (χ3n) is 13.2. The van der Waals surface area contributed by atoms with Crippen molar-refractivity contribution in [3.8, 4) is 22.6 Å². The van der Waals surface area contributed by atoms with E-state index in [0.29, 0.717) is 55.7 Å². The SMILES string of the molecule is CC(C)(C)OC(=O)N1CCC(c2ccccc2C2CCCN2c2ccc(-c3ccc(C(=O)NS(=O)(=O)c4ccc(NCC5CCOCC5)c([N+](=O)[O-])c4)c(Oc4cnc5[nH]ccc5c4)c3)cc2)CC1. The Morgan fingerprint density at radius 2 is 1.62 bits per heavy atom. The summed E-state index contributed by atoms with van der Waals surface area (Å²) in [6.45, 7) is 9.56. The van der Waals surface area contributed by atoms with Gasteiger partial charge in [0.2, 0.25) is 0 Å². The number of aromatic nitrogens is 2. The van der Waals surface area contributed by atoms with Crippen molar-refractivity contribution in [1.29, 1.82) is 0 Å². The predicted molar refractivity (Wildman–Crippen MR) is 263 cm³/mol. The van der Waals surface area contributed by atoms with E-state index in [0.717, 1.165) is 67.8 Å². The molecule has 69 heavy (non-hydrogen) atoms. The molecule has 3 aliphatic heterocycles. The van der Waals surface area contributed by atoms with Gasteiger partial charge in [-0.15, -0.1) is 0 Å². The Bertz CT molecular complexity index is 2960. The van der Waals surface area contributed by atoms with Crippen molar-refractivity contribution in [1.82, 2.24) is 19.6 Å². The molecule has 17 heteroatoms. The number of hydrogen-bond donors (Lipinski definition) is 3. The molecular weight excluding hydrogens is 899 g/mol. The molecule has 0 radical (unpaired) electrons. The van der Waals surface area contributed by atoms with Gasteiger partial charge >= 0.3 is 6.09 Å². The molecule has 2 aromatic heterocycles. The van der Waals surface area contributed by atoms with Crippen molar-refractivity contribution in [2.75, 3.05) is 49.6 Å². The average Bonchev–Trinajstić information content (AvgIpc) is 4.04. The lowest BCUT2D eigenvalue weighted by Gasteiger charge is -2.36. The Hall–Kier alpha value is -6.98. The topological polar surface area (TPSA) is 198 Å². The molecule has 3 fully saturated rings. The molecule has 360 valence electrons. The zero-order valence-corrected chi connectivity index (χ0v) is 39.8. The number of nitrogens with one attached hydrogen (secondary N) is 3. The van der Waals surface area contributed by atoms with Crippen molar-refractivity contribution in [2.45, 2.75) is 81.8 Å². The second-order valence-corrected chi connectivity index (χ2v) is 20.7. The number of nitro benzene ring substituents is 1. The highest BCUT2D eigenvalue weighted by Gasteiger charge is 2.33. The molecule has 0 bridgehead atoms. The molecule has 9 rings (SSSR count). The smallest absolute Gasteiger partial charge is 0.410 e. The molecule has 6 aromatic rings. The number of fused-ring (bicyclic) bond motifs is 1. The first-order chi connectivity index (χ1) is 33.2. The number of amides is 2. The number of rotatable bonds is 13. The number of anilines is 2. The Kier molecular flexibility index (Phi) is 13.6. The fraction of sp³-hybridized carbons (Fsp3) is 0.365. The fourth-order valence-electron chi connectivity index (χ4n) is 9.63. The Balaban J connectivity index is 0.941. The van der Waals surface area contributed by atoms with Crippen LogP contribution in [0, 0.1) is 16.0 Å². The standard InChI is InChI=1S/C52H57N7O9S/c1-52(2,3)68-51(61)57-25-19-36(20-26-57)42-7-4-5-8-43(42)46-9-6-24-58(46)39-13-10-35(11-14-39)37-12-16-44(48(30-37)67-40-29-38-18-23-53-49(38)55-33-40)50(60)56-69(64,65)41-15-17-45(47(31-41)59(62)63)54-32-34-21-27-66-28-22-34/h4-5,7-8,10-18,23,29-31,33-34,36,46,54H,6,9,19-22,24-28,32H2,1-3H3,(H,53,55)(H,56,60). The summed E-state index contributed by atoms with van der Waals surface area (Å²) in [5.74, 6) is -0.000174. The molecule has 2 amide bonds. The normalized spacial score (nSPS) is 17.2.